The Balaban J connectivity index is 2.43. The molecule has 14 heavy (non-hydrogen) atoms. The molecule has 0 fully saturated rings. The van der Waals surface area contributed by atoms with Crippen LogP contribution in [0.5, 0.6) is 0 Å². The van der Waals surface area contributed by atoms with Crippen molar-refractivity contribution >= 4 is 16.1 Å². The van der Waals surface area contributed by atoms with Gasteiger partial charge in [0.05, 0.1) is 6.26 Å². The number of benzene rings is 1. The second-order valence-electron chi connectivity index (χ2n) is 2.93. The standard InChI is InChI=1S/C10H13NO2S/c1-14(12,13)11-9-5-8-10-6-3-2-4-7-10/h2-8,11H,9H2,1H3/b8-5+. The Bertz CT molecular complexity index is 395. The molecule has 1 rings (SSSR count). The summed E-state index contributed by atoms with van der Waals surface area (Å²) in [7, 11) is -3.08. The third-order valence-corrected chi connectivity index (χ3v) is 2.26. The van der Waals surface area contributed by atoms with Gasteiger partial charge in [0.2, 0.25) is 10.0 Å². The molecular weight excluding hydrogens is 198 g/mol. The molecule has 0 unspecified atom stereocenters. The molecule has 0 saturated carbocycles. The van der Waals surface area contributed by atoms with Gasteiger partial charge in [-0.25, -0.2) is 13.1 Å². The molecule has 1 aromatic rings. The maximum atomic E-state index is 10.7. The predicted molar refractivity (Wildman–Crippen MR) is 58.3 cm³/mol. The lowest BCUT2D eigenvalue weighted by molar-refractivity contribution is 0.592. The van der Waals surface area contributed by atoms with Crippen molar-refractivity contribution in [3.05, 3.63) is 42.0 Å². The molecule has 3 nitrogen and oxygen atoms in total. The SMILES string of the molecule is CS(=O)(=O)NC/C=C/c1ccccc1. The number of rotatable bonds is 4. The van der Waals surface area contributed by atoms with E-state index >= 15 is 0 Å². The van der Waals surface area contributed by atoms with Gasteiger partial charge in [-0.3, -0.25) is 0 Å². The third-order valence-electron chi connectivity index (χ3n) is 1.57. The zero-order valence-electron chi connectivity index (χ0n) is 7.97. The highest BCUT2D eigenvalue weighted by atomic mass is 32.2. The van der Waals surface area contributed by atoms with Crippen molar-refractivity contribution in [2.24, 2.45) is 0 Å². The average molecular weight is 211 g/mol. The van der Waals surface area contributed by atoms with Crippen LogP contribution in [-0.4, -0.2) is 21.2 Å². The first-order chi connectivity index (χ1) is 6.58. The van der Waals surface area contributed by atoms with Crippen molar-refractivity contribution in [1.82, 2.24) is 4.72 Å². The summed E-state index contributed by atoms with van der Waals surface area (Å²) < 4.78 is 23.8. The molecule has 0 aliphatic heterocycles. The Kier molecular flexibility index (Phi) is 3.85. The Hall–Kier alpha value is -1.13. The highest BCUT2D eigenvalue weighted by Crippen LogP contribution is 1.99. The lowest BCUT2D eigenvalue weighted by Crippen LogP contribution is -2.21. The summed E-state index contributed by atoms with van der Waals surface area (Å²) in [5.74, 6) is 0. The normalized spacial score (nSPS) is 12.1. The molecule has 0 aromatic heterocycles. The fourth-order valence-corrected chi connectivity index (χ4v) is 1.36. The summed E-state index contributed by atoms with van der Waals surface area (Å²) in [6.45, 7) is 0.327. The van der Waals surface area contributed by atoms with Gasteiger partial charge < -0.3 is 0 Å². The molecule has 0 heterocycles. The van der Waals surface area contributed by atoms with Crippen molar-refractivity contribution in [2.45, 2.75) is 0 Å². The van der Waals surface area contributed by atoms with E-state index in [1.165, 1.54) is 0 Å². The first-order valence-electron chi connectivity index (χ1n) is 4.24. The Labute approximate surface area is 84.5 Å². The molecule has 76 valence electrons. The van der Waals surface area contributed by atoms with Gasteiger partial charge in [-0.05, 0) is 5.56 Å². The number of sulfonamides is 1. The zero-order valence-corrected chi connectivity index (χ0v) is 8.79. The largest absolute Gasteiger partial charge is 0.213 e. The first kappa shape index (κ1) is 10.9. The predicted octanol–water partition coefficient (Wildman–Crippen LogP) is 1.25. The van der Waals surface area contributed by atoms with E-state index in [0.29, 0.717) is 6.54 Å². The van der Waals surface area contributed by atoms with Crippen LogP contribution < -0.4 is 4.72 Å². The maximum Gasteiger partial charge on any atom is 0.208 e. The minimum atomic E-state index is -3.08. The highest BCUT2D eigenvalue weighted by molar-refractivity contribution is 7.88. The van der Waals surface area contributed by atoms with Crippen LogP contribution in [0, 0.1) is 0 Å². The summed E-state index contributed by atoms with van der Waals surface area (Å²) in [6, 6.07) is 9.72. The molecule has 0 radical (unpaired) electrons. The minimum Gasteiger partial charge on any atom is -0.213 e. The Morgan fingerprint density at radius 2 is 1.93 bits per heavy atom. The minimum absolute atomic E-state index is 0.327. The monoisotopic (exact) mass is 211 g/mol. The molecule has 0 atom stereocenters. The summed E-state index contributed by atoms with van der Waals surface area (Å²) in [5.41, 5.74) is 1.06. The van der Waals surface area contributed by atoms with Crippen LogP contribution in [0.15, 0.2) is 36.4 Å². The van der Waals surface area contributed by atoms with Gasteiger partial charge in [0, 0.05) is 6.54 Å². The van der Waals surface area contributed by atoms with Crippen LogP contribution in [-0.2, 0) is 10.0 Å². The van der Waals surface area contributed by atoms with E-state index in [-0.39, 0.29) is 0 Å². The molecule has 0 spiro atoms. The zero-order chi connectivity index (χ0) is 10.4. The van der Waals surface area contributed by atoms with Gasteiger partial charge in [0.15, 0.2) is 0 Å². The molecule has 0 aliphatic rings. The first-order valence-corrected chi connectivity index (χ1v) is 6.13. The summed E-state index contributed by atoms with van der Waals surface area (Å²) in [4.78, 5) is 0. The van der Waals surface area contributed by atoms with Crippen molar-refractivity contribution in [1.29, 1.82) is 0 Å². The van der Waals surface area contributed by atoms with Crippen molar-refractivity contribution in [2.75, 3.05) is 12.8 Å². The van der Waals surface area contributed by atoms with Gasteiger partial charge in [0.1, 0.15) is 0 Å². The summed E-state index contributed by atoms with van der Waals surface area (Å²) in [5, 5.41) is 0. The van der Waals surface area contributed by atoms with Crippen molar-refractivity contribution in [3.8, 4) is 0 Å². The van der Waals surface area contributed by atoms with E-state index in [1.54, 1.807) is 6.08 Å². The molecule has 1 N–H and O–H groups in total. The van der Waals surface area contributed by atoms with E-state index in [1.807, 2.05) is 36.4 Å². The highest BCUT2D eigenvalue weighted by Gasteiger charge is 1.95. The lowest BCUT2D eigenvalue weighted by Gasteiger charge is -1.95. The molecule has 1 aromatic carbocycles. The fraction of sp³-hybridized carbons (Fsp3) is 0.200. The van der Waals surface area contributed by atoms with Crippen LogP contribution in [0.3, 0.4) is 0 Å². The van der Waals surface area contributed by atoms with Crippen molar-refractivity contribution < 1.29 is 8.42 Å². The molecular formula is C10H13NO2S. The smallest absolute Gasteiger partial charge is 0.208 e. The van der Waals surface area contributed by atoms with E-state index in [9.17, 15) is 8.42 Å². The van der Waals surface area contributed by atoms with Gasteiger partial charge in [-0.15, -0.1) is 0 Å². The van der Waals surface area contributed by atoms with E-state index in [0.717, 1.165) is 11.8 Å². The van der Waals surface area contributed by atoms with Gasteiger partial charge in [-0.1, -0.05) is 42.5 Å². The van der Waals surface area contributed by atoms with Crippen LogP contribution >= 0.6 is 0 Å². The molecule has 0 bridgehead atoms. The van der Waals surface area contributed by atoms with E-state index in [2.05, 4.69) is 4.72 Å². The van der Waals surface area contributed by atoms with Crippen LogP contribution in [0.2, 0.25) is 0 Å². The Morgan fingerprint density at radius 3 is 2.50 bits per heavy atom. The molecule has 4 heteroatoms. The number of nitrogens with one attached hydrogen (secondary N) is 1. The third kappa shape index (κ3) is 4.79. The number of hydrogen-bond donors (Lipinski definition) is 1. The number of hydrogen-bond acceptors (Lipinski definition) is 2. The maximum absolute atomic E-state index is 10.7. The van der Waals surface area contributed by atoms with Crippen LogP contribution in [0.25, 0.3) is 6.08 Å². The topological polar surface area (TPSA) is 46.2 Å². The van der Waals surface area contributed by atoms with E-state index in [4.69, 9.17) is 0 Å². The van der Waals surface area contributed by atoms with Crippen molar-refractivity contribution in [3.63, 3.8) is 0 Å². The second-order valence-corrected chi connectivity index (χ2v) is 4.77. The molecule has 0 saturated heterocycles. The van der Waals surface area contributed by atoms with Gasteiger partial charge in [0.25, 0.3) is 0 Å². The summed E-state index contributed by atoms with van der Waals surface area (Å²) >= 11 is 0. The van der Waals surface area contributed by atoms with Gasteiger partial charge in [-0.2, -0.15) is 0 Å². The summed E-state index contributed by atoms with van der Waals surface area (Å²) in [6.07, 6.45) is 4.79. The quantitative estimate of drug-likeness (QED) is 0.814. The lowest BCUT2D eigenvalue weighted by atomic mass is 10.2. The van der Waals surface area contributed by atoms with Gasteiger partial charge >= 0.3 is 0 Å². The second kappa shape index (κ2) is 4.93. The fourth-order valence-electron chi connectivity index (χ4n) is 0.959. The van der Waals surface area contributed by atoms with Crippen LogP contribution in [0.4, 0.5) is 0 Å². The molecule has 0 amide bonds. The average Bonchev–Trinajstić information content (AvgIpc) is 2.13. The molecule has 0 aliphatic carbocycles. The van der Waals surface area contributed by atoms with E-state index < -0.39 is 10.0 Å². The Morgan fingerprint density at radius 1 is 1.29 bits per heavy atom. The van der Waals surface area contributed by atoms with Crippen LogP contribution in [0.1, 0.15) is 5.56 Å².